The van der Waals surface area contributed by atoms with Crippen molar-refractivity contribution in [2.45, 2.75) is 32.4 Å². The lowest BCUT2D eigenvalue weighted by atomic mass is 10.0. The van der Waals surface area contributed by atoms with Crippen LogP contribution in [0.2, 0.25) is 0 Å². The van der Waals surface area contributed by atoms with E-state index in [1.54, 1.807) is 0 Å². The molecule has 1 aromatic heterocycles. The maximum atomic E-state index is 10.3. The minimum absolute atomic E-state index is 0.270. The average molecular weight is 314 g/mol. The van der Waals surface area contributed by atoms with E-state index in [-0.39, 0.29) is 6.04 Å². The van der Waals surface area contributed by atoms with Crippen LogP contribution >= 0.6 is 0 Å². The predicted molar refractivity (Wildman–Crippen MR) is 92.6 cm³/mol. The van der Waals surface area contributed by atoms with Gasteiger partial charge in [-0.2, -0.15) is 0 Å². The van der Waals surface area contributed by atoms with E-state index in [4.69, 9.17) is 4.74 Å². The van der Waals surface area contributed by atoms with Gasteiger partial charge in [0.1, 0.15) is 18.5 Å². The van der Waals surface area contributed by atoms with Gasteiger partial charge in [-0.3, -0.25) is 9.88 Å². The van der Waals surface area contributed by atoms with E-state index in [2.05, 4.69) is 16.8 Å². The van der Waals surface area contributed by atoms with Gasteiger partial charge in [0, 0.05) is 25.0 Å². The molecule has 0 fully saturated rings. The third kappa shape index (κ3) is 5.05. The molecule has 0 amide bonds. The number of hydrogen-bond donors (Lipinski definition) is 1. The lowest BCUT2D eigenvalue weighted by molar-refractivity contribution is 0.0618. The summed E-state index contributed by atoms with van der Waals surface area (Å²) in [6, 6.07) is 12.2. The number of ether oxygens (including phenoxy) is 1. The summed E-state index contributed by atoms with van der Waals surface area (Å²) in [4.78, 5) is 6.23. The largest absolute Gasteiger partial charge is 0.491 e. The normalized spacial score (nSPS) is 13.8. The molecule has 2 atom stereocenters. The van der Waals surface area contributed by atoms with Crippen LogP contribution in [0.15, 0.2) is 48.8 Å². The second kappa shape index (κ2) is 8.65. The molecule has 0 saturated heterocycles. The molecule has 2 rings (SSSR count). The Hall–Kier alpha value is -1.91. The molecule has 1 N–H and O–H groups in total. The van der Waals surface area contributed by atoms with Gasteiger partial charge in [-0.15, -0.1) is 0 Å². The van der Waals surface area contributed by atoms with Crippen molar-refractivity contribution in [3.63, 3.8) is 0 Å². The summed E-state index contributed by atoms with van der Waals surface area (Å²) >= 11 is 0. The van der Waals surface area contributed by atoms with E-state index >= 15 is 0 Å². The van der Waals surface area contributed by atoms with Crippen LogP contribution in [0, 0.1) is 6.92 Å². The smallest absolute Gasteiger partial charge is 0.122 e. The van der Waals surface area contributed by atoms with Crippen LogP contribution in [0.1, 0.15) is 30.5 Å². The number of hydrogen-bond acceptors (Lipinski definition) is 4. The predicted octanol–water partition coefficient (Wildman–Crippen LogP) is 3.21. The van der Waals surface area contributed by atoms with Crippen molar-refractivity contribution in [3.8, 4) is 5.75 Å². The lowest BCUT2D eigenvalue weighted by Crippen LogP contribution is -2.35. The quantitative estimate of drug-likeness (QED) is 0.812. The second-order valence-electron chi connectivity index (χ2n) is 5.87. The molecule has 0 radical (unpaired) electrons. The fourth-order valence-corrected chi connectivity index (χ4v) is 2.80. The fourth-order valence-electron chi connectivity index (χ4n) is 2.80. The van der Waals surface area contributed by atoms with E-state index < -0.39 is 6.10 Å². The number of aryl methyl sites for hydroxylation is 1. The minimum Gasteiger partial charge on any atom is -0.491 e. The first-order valence-electron chi connectivity index (χ1n) is 8.08. The van der Waals surface area contributed by atoms with Crippen LogP contribution in [0.3, 0.4) is 0 Å². The van der Waals surface area contributed by atoms with Crippen LogP contribution in [-0.4, -0.2) is 41.3 Å². The first-order chi connectivity index (χ1) is 11.1. The molecule has 4 nitrogen and oxygen atoms in total. The molecule has 0 bridgehead atoms. The van der Waals surface area contributed by atoms with Crippen molar-refractivity contribution in [1.82, 2.24) is 9.88 Å². The number of nitrogens with zero attached hydrogens (tertiary/aromatic N) is 2. The first-order valence-corrected chi connectivity index (χ1v) is 8.08. The van der Waals surface area contributed by atoms with Crippen LogP contribution in [0.25, 0.3) is 0 Å². The van der Waals surface area contributed by atoms with Crippen LogP contribution in [-0.2, 0) is 0 Å². The van der Waals surface area contributed by atoms with Crippen LogP contribution in [0.5, 0.6) is 5.75 Å². The minimum atomic E-state index is -0.532. The Labute approximate surface area is 138 Å². The molecule has 1 aromatic carbocycles. The van der Waals surface area contributed by atoms with E-state index in [0.29, 0.717) is 13.2 Å². The number of aromatic nitrogens is 1. The molecule has 0 spiro atoms. The van der Waals surface area contributed by atoms with E-state index in [9.17, 15) is 5.11 Å². The fraction of sp³-hybridized carbons (Fsp3) is 0.421. The van der Waals surface area contributed by atoms with Crippen LogP contribution in [0.4, 0.5) is 0 Å². The van der Waals surface area contributed by atoms with Gasteiger partial charge in [0.25, 0.3) is 0 Å². The molecule has 2 aromatic rings. The molecule has 0 saturated carbocycles. The van der Waals surface area contributed by atoms with Crippen molar-refractivity contribution in [2.24, 2.45) is 0 Å². The molecule has 124 valence electrons. The summed E-state index contributed by atoms with van der Waals surface area (Å²) in [7, 11) is 2.03. The number of para-hydroxylation sites is 1. The molecule has 4 heteroatoms. The number of aliphatic hydroxyl groups is 1. The molecule has 2 unspecified atom stereocenters. The Morgan fingerprint density at radius 2 is 1.87 bits per heavy atom. The second-order valence-corrected chi connectivity index (χ2v) is 5.87. The standard InChI is InChI=1S/C19H26N2O2/c1-4-18(16-9-11-20-12-10-16)21(3)13-17(22)14-23-19-8-6-5-7-15(19)2/h5-12,17-18,22H,4,13-14H2,1-3H3. The Morgan fingerprint density at radius 3 is 2.52 bits per heavy atom. The highest BCUT2D eigenvalue weighted by Gasteiger charge is 2.18. The number of benzene rings is 1. The lowest BCUT2D eigenvalue weighted by Gasteiger charge is -2.29. The van der Waals surface area contributed by atoms with Gasteiger partial charge in [-0.05, 0) is 49.7 Å². The molecule has 0 aliphatic rings. The van der Waals surface area contributed by atoms with Crippen molar-refractivity contribution < 1.29 is 9.84 Å². The van der Waals surface area contributed by atoms with Gasteiger partial charge in [0.05, 0.1) is 0 Å². The summed E-state index contributed by atoms with van der Waals surface area (Å²) in [6.45, 7) is 5.01. The maximum absolute atomic E-state index is 10.3. The molecule has 23 heavy (non-hydrogen) atoms. The maximum Gasteiger partial charge on any atom is 0.122 e. The summed E-state index contributed by atoms with van der Waals surface area (Å²) in [5.41, 5.74) is 2.30. The summed E-state index contributed by atoms with van der Waals surface area (Å²) in [5, 5.41) is 10.3. The zero-order chi connectivity index (χ0) is 16.7. The molecule has 1 heterocycles. The Bertz CT molecular complexity index is 589. The summed E-state index contributed by atoms with van der Waals surface area (Å²) < 4.78 is 5.73. The van der Waals surface area contributed by atoms with Gasteiger partial charge < -0.3 is 9.84 Å². The molecule has 0 aliphatic heterocycles. The highest BCUT2D eigenvalue weighted by molar-refractivity contribution is 5.31. The molecular formula is C19H26N2O2. The summed E-state index contributed by atoms with van der Waals surface area (Å²) in [5.74, 6) is 0.829. The molecular weight excluding hydrogens is 288 g/mol. The zero-order valence-corrected chi connectivity index (χ0v) is 14.1. The first kappa shape index (κ1) is 17.4. The van der Waals surface area contributed by atoms with Gasteiger partial charge in [0.15, 0.2) is 0 Å². The summed E-state index contributed by atoms with van der Waals surface area (Å²) in [6.07, 6.45) is 4.06. The number of likely N-dealkylation sites (N-methyl/N-ethyl adjacent to an activating group) is 1. The van der Waals surface area contributed by atoms with E-state index in [0.717, 1.165) is 17.7 Å². The van der Waals surface area contributed by atoms with Gasteiger partial charge in [-0.25, -0.2) is 0 Å². The number of pyridine rings is 1. The number of aliphatic hydroxyl groups excluding tert-OH is 1. The third-order valence-corrected chi connectivity index (χ3v) is 4.03. The van der Waals surface area contributed by atoms with E-state index in [1.165, 1.54) is 5.56 Å². The highest BCUT2D eigenvalue weighted by atomic mass is 16.5. The Kier molecular flexibility index (Phi) is 6.56. The van der Waals surface area contributed by atoms with Gasteiger partial charge in [-0.1, -0.05) is 25.1 Å². The SMILES string of the molecule is CCC(c1ccncc1)N(C)CC(O)COc1ccccc1C. The highest BCUT2D eigenvalue weighted by Crippen LogP contribution is 2.22. The molecule has 0 aliphatic carbocycles. The average Bonchev–Trinajstić information content (AvgIpc) is 2.56. The third-order valence-electron chi connectivity index (χ3n) is 4.03. The van der Waals surface area contributed by atoms with Crippen molar-refractivity contribution in [2.75, 3.05) is 20.2 Å². The topological polar surface area (TPSA) is 45.6 Å². The van der Waals surface area contributed by atoms with E-state index in [1.807, 2.05) is 62.8 Å². The van der Waals surface area contributed by atoms with Gasteiger partial charge >= 0.3 is 0 Å². The Balaban J connectivity index is 1.88. The van der Waals surface area contributed by atoms with Crippen LogP contribution < -0.4 is 4.74 Å². The number of rotatable bonds is 8. The van der Waals surface area contributed by atoms with Crippen molar-refractivity contribution in [1.29, 1.82) is 0 Å². The Morgan fingerprint density at radius 1 is 1.17 bits per heavy atom. The van der Waals surface area contributed by atoms with Crippen molar-refractivity contribution in [3.05, 3.63) is 59.9 Å². The monoisotopic (exact) mass is 314 g/mol. The van der Waals surface area contributed by atoms with Gasteiger partial charge in [0.2, 0.25) is 0 Å². The van der Waals surface area contributed by atoms with Crippen molar-refractivity contribution >= 4 is 0 Å². The zero-order valence-electron chi connectivity index (χ0n) is 14.1.